The first-order chi connectivity index (χ1) is 13.6. The molecule has 6 heteroatoms. The molecule has 1 heterocycles. The number of hydrogen-bond donors (Lipinski definition) is 1. The lowest BCUT2D eigenvalue weighted by atomic mass is 10.0. The molecule has 28 heavy (non-hydrogen) atoms. The number of carbonyl (C=O) groups excluding carboxylic acids is 2. The summed E-state index contributed by atoms with van der Waals surface area (Å²) < 4.78 is 7.16. The molecule has 2 aromatic carbocycles. The highest BCUT2D eigenvalue weighted by atomic mass is 16.5. The summed E-state index contributed by atoms with van der Waals surface area (Å²) in [7, 11) is 3.48. The zero-order chi connectivity index (χ0) is 19.9. The Bertz CT molecular complexity index is 950. The van der Waals surface area contributed by atoms with E-state index < -0.39 is 6.04 Å². The van der Waals surface area contributed by atoms with Crippen molar-refractivity contribution in [2.45, 2.75) is 18.9 Å². The summed E-state index contributed by atoms with van der Waals surface area (Å²) >= 11 is 0. The number of nitrogens with zero attached hydrogens (tertiary/aromatic N) is 2. The van der Waals surface area contributed by atoms with Crippen molar-refractivity contribution in [3.63, 3.8) is 0 Å². The Morgan fingerprint density at radius 1 is 1.11 bits per heavy atom. The summed E-state index contributed by atoms with van der Waals surface area (Å²) in [6, 6.07) is 16.1. The summed E-state index contributed by atoms with van der Waals surface area (Å²) in [5.41, 5.74) is 1.47. The predicted molar refractivity (Wildman–Crippen MR) is 106 cm³/mol. The molecule has 0 aliphatic rings. The summed E-state index contributed by atoms with van der Waals surface area (Å²) in [5, 5.41) is 3.00. The molecule has 1 aromatic heterocycles. The minimum Gasteiger partial charge on any atom is -0.497 e. The van der Waals surface area contributed by atoms with Crippen LogP contribution in [0.4, 0.5) is 0 Å². The number of imidazole rings is 1. The third-order valence-electron chi connectivity index (χ3n) is 4.52. The predicted octanol–water partition coefficient (Wildman–Crippen LogP) is 3.30. The average molecular weight is 377 g/mol. The fourth-order valence-electron chi connectivity index (χ4n) is 3.00. The molecule has 0 saturated heterocycles. The van der Waals surface area contributed by atoms with Gasteiger partial charge < -0.3 is 14.6 Å². The molecule has 0 bridgehead atoms. The molecule has 0 fully saturated rings. The molecule has 144 valence electrons. The molecule has 0 aliphatic heterocycles. The number of nitrogens with one attached hydrogen (secondary N) is 1. The molecule has 1 atom stereocenters. The molecule has 0 saturated carbocycles. The number of ketones is 1. The van der Waals surface area contributed by atoms with Crippen LogP contribution < -0.4 is 10.1 Å². The minimum absolute atomic E-state index is 0.0503. The monoisotopic (exact) mass is 377 g/mol. The number of Topliss-reactive ketones (excluding diaryl/α,β-unsaturated/α-hetero) is 1. The van der Waals surface area contributed by atoms with Gasteiger partial charge in [0.05, 0.1) is 7.11 Å². The van der Waals surface area contributed by atoms with E-state index >= 15 is 0 Å². The quantitative estimate of drug-likeness (QED) is 0.612. The SMILES string of the molecule is COc1cccc(C(NC(=O)CCC(=O)c2ccccc2)c2nccn2C)c1. The first-order valence-corrected chi connectivity index (χ1v) is 9.07. The first-order valence-electron chi connectivity index (χ1n) is 9.07. The molecule has 3 rings (SSSR count). The van der Waals surface area contributed by atoms with Crippen molar-refractivity contribution in [2.75, 3.05) is 7.11 Å². The molecule has 3 aromatic rings. The van der Waals surface area contributed by atoms with Crippen molar-refractivity contribution in [2.24, 2.45) is 7.05 Å². The first kappa shape index (κ1) is 19.4. The van der Waals surface area contributed by atoms with Crippen molar-refractivity contribution in [3.8, 4) is 5.75 Å². The van der Waals surface area contributed by atoms with E-state index in [4.69, 9.17) is 4.74 Å². The van der Waals surface area contributed by atoms with Crippen molar-refractivity contribution in [1.82, 2.24) is 14.9 Å². The fourth-order valence-corrected chi connectivity index (χ4v) is 3.00. The Hall–Kier alpha value is -3.41. The Labute approximate surface area is 164 Å². The maximum Gasteiger partial charge on any atom is 0.221 e. The van der Waals surface area contributed by atoms with Crippen LogP contribution in [0.15, 0.2) is 67.0 Å². The second kappa shape index (κ2) is 8.99. The molecule has 1 amide bonds. The highest BCUT2D eigenvalue weighted by molar-refractivity contribution is 5.97. The normalized spacial score (nSPS) is 11.6. The highest BCUT2D eigenvalue weighted by Gasteiger charge is 2.21. The van der Waals surface area contributed by atoms with E-state index in [2.05, 4.69) is 10.3 Å². The molecule has 0 aliphatic carbocycles. The molecular weight excluding hydrogens is 354 g/mol. The second-order valence-electron chi connectivity index (χ2n) is 6.46. The van der Waals surface area contributed by atoms with Gasteiger partial charge >= 0.3 is 0 Å². The van der Waals surface area contributed by atoms with Gasteiger partial charge in [-0.2, -0.15) is 0 Å². The number of amides is 1. The number of rotatable bonds is 8. The Kier molecular flexibility index (Phi) is 6.22. The molecule has 1 N–H and O–H groups in total. The van der Waals surface area contributed by atoms with Crippen LogP contribution in [0.1, 0.15) is 40.6 Å². The van der Waals surface area contributed by atoms with E-state index in [0.717, 1.165) is 5.56 Å². The van der Waals surface area contributed by atoms with Crippen molar-refractivity contribution in [1.29, 1.82) is 0 Å². The second-order valence-corrected chi connectivity index (χ2v) is 6.46. The summed E-state index contributed by atoms with van der Waals surface area (Å²) in [5.74, 6) is 1.15. The van der Waals surface area contributed by atoms with Gasteiger partial charge in [0.1, 0.15) is 17.6 Å². The topological polar surface area (TPSA) is 73.2 Å². The maximum atomic E-state index is 12.6. The lowest BCUT2D eigenvalue weighted by molar-refractivity contribution is -0.121. The van der Waals surface area contributed by atoms with Crippen LogP contribution in [0.2, 0.25) is 0 Å². The Morgan fingerprint density at radius 2 is 1.89 bits per heavy atom. The van der Waals surface area contributed by atoms with Gasteiger partial charge in [-0.15, -0.1) is 0 Å². The zero-order valence-corrected chi connectivity index (χ0v) is 16.0. The van der Waals surface area contributed by atoms with Crippen LogP contribution in [0.5, 0.6) is 5.75 Å². The van der Waals surface area contributed by atoms with Crippen molar-refractivity contribution < 1.29 is 14.3 Å². The number of carbonyl (C=O) groups is 2. The van der Waals surface area contributed by atoms with Gasteiger partial charge in [0.25, 0.3) is 0 Å². The highest BCUT2D eigenvalue weighted by Crippen LogP contribution is 2.24. The van der Waals surface area contributed by atoms with Crippen LogP contribution in [-0.2, 0) is 11.8 Å². The third-order valence-corrected chi connectivity index (χ3v) is 4.52. The number of aromatic nitrogens is 2. The van der Waals surface area contributed by atoms with Crippen molar-refractivity contribution in [3.05, 3.63) is 83.9 Å². The molecular formula is C22H23N3O3. The average Bonchev–Trinajstić information content (AvgIpc) is 3.16. The van der Waals surface area contributed by atoms with E-state index in [-0.39, 0.29) is 24.5 Å². The molecule has 0 radical (unpaired) electrons. The van der Waals surface area contributed by atoms with Crippen LogP contribution in [0.25, 0.3) is 0 Å². The number of hydrogen-bond acceptors (Lipinski definition) is 4. The van der Waals surface area contributed by atoms with Gasteiger partial charge in [0.2, 0.25) is 5.91 Å². The van der Waals surface area contributed by atoms with Crippen molar-refractivity contribution >= 4 is 11.7 Å². The fraction of sp³-hybridized carbons (Fsp3) is 0.227. The number of methoxy groups -OCH3 is 1. The van der Waals surface area contributed by atoms with E-state index in [0.29, 0.717) is 17.1 Å². The molecule has 6 nitrogen and oxygen atoms in total. The van der Waals surface area contributed by atoms with Gasteiger partial charge in [-0.3, -0.25) is 9.59 Å². The largest absolute Gasteiger partial charge is 0.497 e. The Morgan fingerprint density at radius 3 is 2.57 bits per heavy atom. The standard InChI is InChI=1S/C22H23N3O3/c1-25-14-13-23-22(25)21(17-9-6-10-18(15-17)28-2)24-20(27)12-11-19(26)16-7-4-3-5-8-16/h3-10,13-15,21H,11-12H2,1-2H3,(H,24,27). The Balaban J connectivity index is 1.73. The molecule has 1 unspecified atom stereocenters. The van der Waals surface area contributed by atoms with Gasteiger partial charge in [0, 0.05) is 37.8 Å². The summed E-state index contributed by atoms with van der Waals surface area (Å²) in [6.45, 7) is 0. The number of benzene rings is 2. The van der Waals surface area contributed by atoms with Gasteiger partial charge in [-0.25, -0.2) is 4.98 Å². The van der Waals surface area contributed by atoms with Gasteiger partial charge in [-0.1, -0.05) is 42.5 Å². The smallest absolute Gasteiger partial charge is 0.221 e. The minimum atomic E-state index is -0.436. The lowest BCUT2D eigenvalue weighted by Crippen LogP contribution is -2.31. The van der Waals surface area contributed by atoms with Crippen LogP contribution >= 0.6 is 0 Å². The maximum absolute atomic E-state index is 12.6. The van der Waals surface area contributed by atoms with Crippen LogP contribution in [-0.4, -0.2) is 28.4 Å². The number of ether oxygens (including phenoxy) is 1. The lowest BCUT2D eigenvalue weighted by Gasteiger charge is -2.19. The van der Waals surface area contributed by atoms with Gasteiger partial charge in [-0.05, 0) is 17.7 Å². The van der Waals surface area contributed by atoms with Crippen LogP contribution in [0.3, 0.4) is 0 Å². The van der Waals surface area contributed by atoms with Crippen LogP contribution in [0, 0.1) is 0 Å². The van der Waals surface area contributed by atoms with E-state index in [1.807, 2.05) is 60.3 Å². The summed E-state index contributed by atoms with van der Waals surface area (Å²) in [4.78, 5) is 29.2. The number of aryl methyl sites for hydroxylation is 1. The zero-order valence-electron chi connectivity index (χ0n) is 16.0. The van der Waals surface area contributed by atoms with E-state index in [1.54, 1.807) is 25.4 Å². The van der Waals surface area contributed by atoms with E-state index in [9.17, 15) is 9.59 Å². The van der Waals surface area contributed by atoms with E-state index in [1.165, 1.54) is 0 Å². The summed E-state index contributed by atoms with van der Waals surface area (Å²) in [6.07, 6.45) is 3.78. The molecule has 0 spiro atoms. The third kappa shape index (κ3) is 4.65. The van der Waals surface area contributed by atoms with Gasteiger partial charge in [0.15, 0.2) is 5.78 Å².